The second-order valence-corrected chi connectivity index (χ2v) is 8.24. The molecule has 5 nitrogen and oxygen atoms in total. The zero-order valence-electron chi connectivity index (χ0n) is 18.0. The molecule has 2 aromatic carbocycles. The number of nitrogens with zero attached hydrogens (tertiary/aromatic N) is 2. The molecule has 1 fully saturated rings. The van der Waals surface area contributed by atoms with Gasteiger partial charge in [-0.15, -0.1) is 0 Å². The van der Waals surface area contributed by atoms with Gasteiger partial charge in [0.2, 0.25) is 0 Å². The normalized spacial score (nSPS) is 17.3. The molecule has 0 atom stereocenters. The summed E-state index contributed by atoms with van der Waals surface area (Å²) in [4.78, 5) is 18.8. The number of benzene rings is 2. The molecule has 6 heteroatoms. The van der Waals surface area contributed by atoms with Crippen LogP contribution < -0.4 is 10.5 Å². The van der Waals surface area contributed by atoms with Gasteiger partial charge in [-0.3, -0.25) is 9.79 Å². The van der Waals surface area contributed by atoms with Crippen molar-refractivity contribution in [1.29, 1.82) is 0 Å². The van der Waals surface area contributed by atoms with Gasteiger partial charge in [-0.05, 0) is 60.6 Å². The number of halogens is 1. The fraction of sp³-hybridized carbons (Fsp3) is 0.360. The topological polar surface area (TPSA) is 67.9 Å². The summed E-state index contributed by atoms with van der Waals surface area (Å²) < 4.78 is 20.8. The molecule has 0 saturated heterocycles. The van der Waals surface area contributed by atoms with Crippen molar-refractivity contribution in [3.05, 3.63) is 70.0 Å². The Bertz CT molecular complexity index is 1040. The molecule has 0 bridgehead atoms. The Morgan fingerprint density at radius 1 is 1.29 bits per heavy atom. The molecule has 0 aromatic heterocycles. The highest BCUT2D eigenvalue weighted by molar-refractivity contribution is 5.98. The highest BCUT2D eigenvalue weighted by atomic mass is 19.1. The third-order valence-corrected chi connectivity index (χ3v) is 6.26. The maximum absolute atomic E-state index is 15.1. The summed E-state index contributed by atoms with van der Waals surface area (Å²) in [7, 11) is 1.69. The summed E-state index contributed by atoms with van der Waals surface area (Å²) in [5, 5.41) is 0. The van der Waals surface area contributed by atoms with Crippen molar-refractivity contribution in [2.45, 2.75) is 45.1 Å². The minimum atomic E-state index is -0.436. The average Bonchev–Trinajstić information content (AvgIpc) is 3.31. The van der Waals surface area contributed by atoms with Crippen LogP contribution in [0, 0.1) is 12.7 Å². The molecule has 1 heterocycles. The van der Waals surface area contributed by atoms with Gasteiger partial charge in [-0.2, -0.15) is 0 Å². The van der Waals surface area contributed by atoms with Gasteiger partial charge >= 0.3 is 0 Å². The lowest BCUT2D eigenvalue weighted by Crippen LogP contribution is -2.44. The lowest BCUT2D eigenvalue weighted by Gasteiger charge is -2.34. The van der Waals surface area contributed by atoms with Crippen LogP contribution in [0.3, 0.4) is 0 Å². The predicted octanol–water partition coefficient (Wildman–Crippen LogP) is 4.46. The van der Waals surface area contributed by atoms with Crippen molar-refractivity contribution in [3.63, 3.8) is 0 Å². The summed E-state index contributed by atoms with van der Waals surface area (Å²) in [5.74, 6) is -0.472. The smallest absolute Gasteiger partial charge is 0.260 e. The van der Waals surface area contributed by atoms with Crippen molar-refractivity contribution in [1.82, 2.24) is 4.90 Å². The van der Waals surface area contributed by atoms with E-state index >= 15 is 4.39 Å². The van der Waals surface area contributed by atoms with Gasteiger partial charge in [-0.1, -0.05) is 37.1 Å². The minimum Gasteiger partial charge on any atom is -0.469 e. The molecule has 0 radical (unpaired) electrons. The van der Waals surface area contributed by atoms with Crippen molar-refractivity contribution >= 4 is 17.8 Å². The van der Waals surface area contributed by atoms with Crippen LogP contribution in [0.15, 0.2) is 41.4 Å². The molecule has 1 aliphatic carbocycles. The second kappa shape index (κ2) is 8.92. The van der Waals surface area contributed by atoms with E-state index in [0.717, 1.165) is 42.4 Å². The van der Waals surface area contributed by atoms with Gasteiger partial charge in [-0.25, -0.2) is 4.39 Å². The largest absolute Gasteiger partial charge is 0.469 e. The molecule has 1 aliphatic heterocycles. The summed E-state index contributed by atoms with van der Waals surface area (Å²) in [6.45, 7) is 1.87. The molecule has 31 heavy (non-hydrogen) atoms. The van der Waals surface area contributed by atoms with Crippen molar-refractivity contribution < 1.29 is 13.9 Å². The summed E-state index contributed by atoms with van der Waals surface area (Å²) >= 11 is 0. The van der Waals surface area contributed by atoms with E-state index in [1.165, 1.54) is 0 Å². The highest BCUT2D eigenvalue weighted by Crippen LogP contribution is 2.36. The van der Waals surface area contributed by atoms with E-state index < -0.39 is 5.82 Å². The van der Waals surface area contributed by atoms with Crippen LogP contribution in [0.2, 0.25) is 0 Å². The van der Waals surface area contributed by atoms with Crippen LogP contribution >= 0.6 is 0 Å². The number of nitrogens with two attached hydrogens (primary N) is 1. The predicted molar refractivity (Wildman–Crippen MR) is 121 cm³/mol. The number of fused-ring (bicyclic) bond motifs is 1. The monoisotopic (exact) mass is 421 g/mol. The number of amides is 1. The summed E-state index contributed by atoms with van der Waals surface area (Å²) in [6.07, 6.45) is 8.13. The van der Waals surface area contributed by atoms with E-state index in [-0.39, 0.29) is 24.4 Å². The third kappa shape index (κ3) is 4.20. The second-order valence-electron chi connectivity index (χ2n) is 8.24. The maximum Gasteiger partial charge on any atom is 0.260 e. The van der Waals surface area contributed by atoms with Gasteiger partial charge in [0.05, 0.1) is 5.56 Å². The van der Waals surface area contributed by atoms with Crippen LogP contribution in [-0.2, 0) is 6.42 Å². The number of carbonyl (C=O) groups is 1. The van der Waals surface area contributed by atoms with Gasteiger partial charge in [0, 0.05) is 25.0 Å². The zero-order valence-corrected chi connectivity index (χ0v) is 18.0. The molecule has 2 N–H and O–H groups in total. The van der Waals surface area contributed by atoms with Crippen LogP contribution in [0.4, 0.5) is 4.39 Å². The van der Waals surface area contributed by atoms with E-state index in [4.69, 9.17) is 10.5 Å². The van der Waals surface area contributed by atoms with Crippen LogP contribution in [0.1, 0.15) is 58.3 Å². The molecule has 2 aromatic rings. The van der Waals surface area contributed by atoms with Crippen molar-refractivity contribution in [2.75, 3.05) is 13.8 Å². The first-order valence-electron chi connectivity index (χ1n) is 10.7. The van der Waals surface area contributed by atoms with E-state index in [9.17, 15) is 4.79 Å². The fourth-order valence-electron chi connectivity index (χ4n) is 4.38. The number of aliphatic imine (C=N–C) groups is 1. The number of allylic oxidation sites excluding steroid dienone is 1. The number of hydrogen-bond acceptors (Lipinski definition) is 4. The molecule has 4 rings (SSSR count). The number of carbonyl (C=O) groups excluding carboxylic acids is 1. The minimum absolute atomic E-state index is 0.0892. The molecule has 0 unspecified atom stereocenters. The summed E-state index contributed by atoms with van der Waals surface area (Å²) in [6, 6.07) is 9.81. The molecule has 162 valence electrons. The fourth-order valence-corrected chi connectivity index (χ4v) is 4.38. The lowest BCUT2D eigenvalue weighted by molar-refractivity contribution is 0.0377. The van der Waals surface area contributed by atoms with Gasteiger partial charge < -0.3 is 15.4 Å². The number of ether oxygens (including phenoxy) is 1. The van der Waals surface area contributed by atoms with Crippen LogP contribution in [0.25, 0.3) is 5.70 Å². The van der Waals surface area contributed by atoms with Crippen molar-refractivity contribution in [2.24, 2.45) is 10.7 Å². The Balaban J connectivity index is 1.60. The lowest BCUT2D eigenvalue weighted by atomic mass is 9.95. The van der Waals surface area contributed by atoms with E-state index in [1.54, 1.807) is 37.2 Å². The van der Waals surface area contributed by atoms with E-state index in [1.807, 2.05) is 24.3 Å². The SMILES string of the molecule is CN=CC=C(N)c1ccc(Cc2cc3c(c(F)c2C)OCN(C2CCCC2)C3=O)cc1. The van der Waals surface area contributed by atoms with Crippen molar-refractivity contribution in [3.8, 4) is 5.75 Å². The molecular weight excluding hydrogens is 393 g/mol. The average molecular weight is 422 g/mol. The molecule has 0 spiro atoms. The summed E-state index contributed by atoms with van der Waals surface area (Å²) in [5.41, 5.74) is 10.2. The van der Waals surface area contributed by atoms with E-state index in [0.29, 0.717) is 23.2 Å². The quantitative estimate of drug-likeness (QED) is 0.725. The Morgan fingerprint density at radius 3 is 2.68 bits per heavy atom. The first-order chi connectivity index (χ1) is 15.0. The van der Waals surface area contributed by atoms with Crippen LogP contribution in [0.5, 0.6) is 5.75 Å². The third-order valence-electron chi connectivity index (χ3n) is 6.26. The van der Waals surface area contributed by atoms with Gasteiger partial charge in [0.25, 0.3) is 5.91 Å². The van der Waals surface area contributed by atoms with Crippen LogP contribution in [-0.4, -0.2) is 36.8 Å². The Kier molecular flexibility index (Phi) is 6.07. The standard InChI is InChI=1S/C25H28FN3O2/c1-16-19(13-17-7-9-18(10-8-17)22(27)11-12-28-2)14-21-24(23(16)26)31-15-29(25(21)30)20-5-3-4-6-20/h7-12,14,20H,3-6,13,15,27H2,1-2H3. The molecule has 2 aliphatic rings. The molecule has 1 saturated carbocycles. The number of hydrogen-bond donors (Lipinski definition) is 1. The molecule has 1 amide bonds. The zero-order chi connectivity index (χ0) is 22.0. The molecular formula is C25H28FN3O2. The van der Waals surface area contributed by atoms with Gasteiger partial charge in [0.1, 0.15) is 0 Å². The number of rotatable bonds is 5. The maximum atomic E-state index is 15.1. The van der Waals surface area contributed by atoms with Gasteiger partial charge in [0.15, 0.2) is 18.3 Å². The van der Waals surface area contributed by atoms with E-state index in [2.05, 4.69) is 4.99 Å². The first kappa shape index (κ1) is 21.1. The Labute approximate surface area is 182 Å². The highest BCUT2D eigenvalue weighted by Gasteiger charge is 2.35. The Hall–Kier alpha value is -3.15. The Morgan fingerprint density at radius 2 is 2.00 bits per heavy atom. The first-order valence-corrected chi connectivity index (χ1v) is 10.7.